The number of amides is 1. The van der Waals surface area contributed by atoms with Crippen LogP contribution in [0.1, 0.15) is 28.4 Å². The number of sulfonamides is 1. The van der Waals surface area contributed by atoms with Crippen molar-refractivity contribution in [2.75, 3.05) is 22.8 Å². The van der Waals surface area contributed by atoms with Gasteiger partial charge in [-0.25, -0.2) is 13.2 Å². The molecule has 1 aliphatic rings. The first-order chi connectivity index (χ1) is 16.7. The monoisotopic (exact) mass is 494 g/mol. The minimum Gasteiger partial charge on any atom is -0.476 e. The van der Waals surface area contributed by atoms with Crippen molar-refractivity contribution in [3.8, 4) is 5.75 Å². The summed E-state index contributed by atoms with van der Waals surface area (Å²) in [6.07, 6.45) is -1.09. The Morgan fingerprint density at radius 2 is 1.66 bits per heavy atom. The zero-order chi connectivity index (χ0) is 25.2. The number of anilines is 2. The lowest BCUT2D eigenvalue weighted by atomic mass is 10.1. The minimum absolute atomic E-state index is 0.131. The third kappa shape index (κ3) is 5.14. The number of nitrogens with one attached hydrogen (secondary N) is 1. The number of ether oxygens (including phenoxy) is 2. The molecule has 0 radical (unpaired) electrons. The van der Waals surface area contributed by atoms with Gasteiger partial charge in [0, 0.05) is 5.69 Å². The molecule has 0 aliphatic carbocycles. The lowest BCUT2D eigenvalue weighted by Gasteiger charge is -2.35. The second-order valence-corrected chi connectivity index (χ2v) is 10.1. The van der Waals surface area contributed by atoms with Gasteiger partial charge in [0.2, 0.25) is 0 Å². The Labute approximate surface area is 204 Å². The molecule has 182 valence electrons. The number of esters is 1. The molecule has 3 aromatic carbocycles. The first kappa shape index (κ1) is 24.3. The van der Waals surface area contributed by atoms with Crippen molar-refractivity contribution in [2.45, 2.75) is 31.8 Å². The SMILES string of the molecule is CCOC(=O)c1ccc(NC(=O)C2CN(S(=O)(=O)c3ccc(C)cc3)c3cc(C)ccc3O2)cc1. The first-order valence-corrected chi connectivity index (χ1v) is 12.6. The highest BCUT2D eigenvalue weighted by molar-refractivity contribution is 7.92. The van der Waals surface area contributed by atoms with E-state index < -0.39 is 28.0 Å². The fourth-order valence-corrected chi connectivity index (χ4v) is 5.16. The summed E-state index contributed by atoms with van der Waals surface area (Å²) < 4.78 is 39.2. The number of carbonyl (C=O) groups excluding carboxylic acids is 2. The van der Waals surface area contributed by atoms with Crippen LogP contribution in [0, 0.1) is 13.8 Å². The summed E-state index contributed by atoms with van der Waals surface area (Å²) in [4.78, 5) is 25.0. The van der Waals surface area contributed by atoms with Gasteiger partial charge in [-0.3, -0.25) is 9.10 Å². The van der Waals surface area contributed by atoms with Crippen LogP contribution in [0.2, 0.25) is 0 Å². The van der Waals surface area contributed by atoms with Crippen LogP contribution in [0.15, 0.2) is 71.6 Å². The first-order valence-electron chi connectivity index (χ1n) is 11.1. The van der Waals surface area contributed by atoms with Crippen LogP contribution in [-0.4, -0.2) is 39.5 Å². The fraction of sp³-hybridized carbons (Fsp3) is 0.231. The maximum absolute atomic E-state index is 13.5. The molecule has 9 heteroatoms. The largest absolute Gasteiger partial charge is 0.476 e. The molecule has 1 aliphatic heterocycles. The van der Waals surface area contributed by atoms with E-state index in [0.717, 1.165) is 11.1 Å². The molecule has 0 fully saturated rings. The van der Waals surface area contributed by atoms with E-state index in [1.54, 1.807) is 73.7 Å². The Hall–Kier alpha value is -3.85. The van der Waals surface area contributed by atoms with E-state index in [2.05, 4.69) is 5.32 Å². The third-order valence-electron chi connectivity index (χ3n) is 5.55. The highest BCUT2D eigenvalue weighted by Gasteiger charge is 2.37. The lowest BCUT2D eigenvalue weighted by molar-refractivity contribution is -0.122. The highest BCUT2D eigenvalue weighted by atomic mass is 32.2. The second-order valence-electron chi connectivity index (χ2n) is 8.21. The van der Waals surface area contributed by atoms with Crippen molar-refractivity contribution >= 4 is 33.3 Å². The van der Waals surface area contributed by atoms with E-state index in [9.17, 15) is 18.0 Å². The van der Waals surface area contributed by atoms with Crippen LogP contribution in [0.4, 0.5) is 11.4 Å². The van der Waals surface area contributed by atoms with Crippen LogP contribution in [0.5, 0.6) is 5.75 Å². The van der Waals surface area contributed by atoms with E-state index in [4.69, 9.17) is 9.47 Å². The van der Waals surface area contributed by atoms with Gasteiger partial charge in [0.15, 0.2) is 6.10 Å². The second kappa shape index (κ2) is 9.79. The standard InChI is InChI=1S/C26H26N2O6S/c1-4-33-26(30)19-8-10-20(11-9-19)27-25(29)24-16-28(22-15-18(3)7-14-23(22)34-24)35(31,32)21-12-5-17(2)6-13-21/h5-15,24H,4,16H2,1-3H3,(H,27,29). The molecule has 1 N–H and O–H groups in total. The van der Waals surface area contributed by atoms with Crippen molar-refractivity contribution in [1.82, 2.24) is 0 Å². The zero-order valence-corrected chi connectivity index (χ0v) is 20.5. The molecule has 1 amide bonds. The van der Waals surface area contributed by atoms with Gasteiger partial charge in [-0.05, 0) is 74.9 Å². The minimum atomic E-state index is -3.95. The van der Waals surface area contributed by atoms with Crippen LogP contribution < -0.4 is 14.4 Å². The number of nitrogens with zero attached hydrogens (tertiary/aromatic N) is 1. The quantitative estimate of drug-likeness (QED) is 0.518. The summed E-state index contributed by atoms with van der Waals surface area (Å²) in [5, 5.41) is 2.73. The molecule has 1 atom stereocenters. The molecular weight excluding hydrogens is 468 g/mol. The van der Waals surface area contributed by atoms with E-state index >= 15 is 0 Å². The summed E-state index contributed by atoms with van der Waals surface area (Å²) in [6, 6.07) is 18.0. The Morgan fingerprint density at radius 1 is 1.00 bits per heavy atom. The molecule has 3 aromatic rings. The molecule has 4 rings (SSSR count). The predicted molar refractivity (Wildman–Crippen MR) is 132 cm³/mol. The number of carbonyl (C=O) groups is 2. The highest BCUT2D eigenvalue weighted by Crippen LogP contribution is 2.38. The molecular formula is C26H26N2O6S. The topological polar surface area (TPSA) is 102 Å². The average Bonchev–Trinajstić information content (AvgIpc) is 2.84. The van der Waals surface area contributed by atoms with Gasteiger partial charge in [0.1, 0.15) is 5.75 Å². The van der Waals surface area contributed by atoms with Crippen LogP contribution in [0.25, 0.3) is 0 Å². The van der Waals surface area contributed by atoms with Crippen molar-refractivity contribution in [3.63, 3.8) is 0 Å². The van der Waals surface area contributed by atoms with Gasteiger partial charge in [0.05, 0.1) is 29.3 Å². The van der Waals surface area contributed by atoms with Crippen molar-refractivity contribution < 1.29 is 27.5 Å². The summed E-state index contributed by atoms with van der Waals surface area (Å²) in [7, 11) is -3.95. The summed E-state index contributed by atoms with van der Waals surface area (Å²) >= 11 is 0. The average molecular weight is 495 g/mol. The van der Waals surface area contributed by atoms with Crippen molar-refractivity contribution in [2.24, 2.45) is 0 Å². The summed E-state index contributed by atoms with van der Waals surface area (Å²) in [5.74, 6) is -0.663. The molecule has 0 saturated heterocycles. The number of hydrogen-bond donors (Lipinski definition) is 1. The fourth-order valence-electron chi connectivity index (χ4n) is 3.69. The van der Waals surface area contributed by atoms with Gasteiger partial charge < -0.3 is 14.8 Å². The molecule has 8 nitrogen and oxygen atoms in total. The molecule has 1 heterocycles. The van der Waals surface area contributed by atoms with Crippen LogP contribution >= 0.6 is 0 Å². The maximum Gasteiger partial charge on any atom is 0.338 e. The lowest BCUT2D eigenvalue weighted by Crippen LogP contribution is -2.48. The molecule has 0 spiro atoms. The number of hydrogen-bond acceptors (Lipinski definition) is 6. The van der Waals surface area contributed by atoms with Crippen LogP contribution in [-0.2, 0) is 19.6 Å². The zero-order valence-electron chi connectivity index (χ0n) is 19.6. The summed E-state index contributed by atoms with van der Waals surface area (Å²) in [5.41, 5.74) is 2.98. The summed E-state index contributed by atoms with van der Waals surface area (Å²) in [6.45, 7) is 5.52. The number of rotatable bonds is 6. The Kier molecular flexibility index (Phi) is 6.79. The van der Waals surface area contributed by atoms with E-state index in [1.807, 2.05) is 13.8 Å². The molecule has 35 heavy (non-hydrogen) atoms. The smallest absolute Gasteiger partial charge is 0.338 e. The number of benzene rings is 3. The molecule has 0 bridgehead atoms. The number of aryl methyl sites for hydroxylation is 2. The normalized spacial score (nSPS) is 15.1. The van der Waals surface area contributed by atoms with Gasteiger partial charge in [-0.2, -0.15) is 0 Å². The molecule has 0 aromatic heterocycles. The van der Waals surface area contributed by atoms with E-state index in [1.165, 1.54) is 4.31 Å². The Balaban J connectivity index is 1.60. The maximum atomic E-state index is 13.5. The predicted octanol–water partition coefficient (Wildman–Crippen LogP) is 4.08. The van der Waals surface area contributed by atoms with Gasteiger partial charge in [0.25, 0.3) is 15.9 Å². The molecule has 1 unspecified atom stereocenters. The van der Waals surface area contributed by atoms with Gasteiger partial charge in [-0.1, -0.05) is 23.8 Å². The Morgan fingerprint density at radius 3 is 2.31 bits per heavy atom. The Bertz CT molecular complexity index is 1350. The third-order valence-corrected chi connectivity index (χ3v) is 7.34. The van der Waals surface area contributed by atoms with Gasteiger partial charge in [-0.15, -0.1) is 0 Å². The van der Waals surface area contributed by atoms with Crippen LogP contribution in [0.3, 0.4) is 0 Å². The van der Waals surface area contributed by atoms with E-state index in [0.29, 0.717) is 22.7 Å². The van der Waals surface area contributed by atoms with Gasteiger partial charge >= 0.3 is 5.97 Å². The number of fused-ring (bicyclic) bond motifs is 1. The van der Waals surface area contributed by atoms with E-state index in [-0.39, 0.29) is 18.0 Å². The van der Waals surface area contributed by atoms with Crippen molar-refractivity contribution in [1.29, 1.82) is 0 Å². The molecule has 0 saturated carbocycles. The van der Waals surface area contributed by atoms with Crippen molar-refractivity contribution in [3.05, 3.63) is 83.4 Å².